The lowest BCUT2D eigenvalue weighted by atomic mass is 10.2. The van der Waals surface area contributed by atoms with Crippen LogP contribution in [0.25, 0.3) is 4.96 Å². The van der Waals surface area contributed by atoms with E-state index in [4.69, 9.17) is 5.73 Å². The number of thiazole rings is 1. The number of nitrogens with zero attached hydrogens (tertiary/aromatic N) is 2. The van der Waals surface area contributed by atoms with Crippen molar-refractivity contribution in [3.05, 3.63) is 33.2 Å². The van der Waals surface area contributed by atoms with Crippen LogP contribution in [0.1, 0.15) is 17.8 Å². The van der Waals surface area contributed by atoms with Crippen molar-refractivity contribution in [3.63, 3.8) is 0 Å². The van der Waals surface area contributed by atoms with Gasteiger partial charge in [-0.2, -0.15) is 11.8 Å². The highest BCUT2D eigenvalue weighted by Gasteiger charge is 2.13. The molecule has 6 nitrogen and oxygen atoms in total. The third-order valence-electron chi connectivity index (χ3n) is 2.96. The monoisotopic (exact) mass is 327 g/mol. The maximum absolute atomic E-state index is 12.0. The fourth-order valence-electron chi connectivity index (χ4n) is 1.83. The zero-order chi connectivity index (χ0) is 15.4. The summed E-state index contributed by atoms with van der Waals surface area (Å²) in [6.45, 7) is 1.88. The molecule has 0 aliphatic carbocycles. The maximum Gasteiger partial charge on any atom is 0.322 e. The Balaban J connectivity index is 1.92. The van der Waals surface area contributed by atoms with Gasteiger partial charge in [-0.15, -0.1) is 11.3 Å². The van der Waals surface area contributed by atoms with Gasteiger partial charge in [0.25, 0.3) is 5.56 Å². The minimum atomic E-state index is -0.594. The van der Waals surface area contributed by atoms with Gasteiger partial charge in [-0.3, -0.25) is 14.0 Å². The molecule has 2 heterocycles. The Morgan fingerprint density at radius 2 is 2.38 bits per heavy atom. The summed E-state index contributed by atoms with van der Waals surface area (Å²) in [5, 5.41) is 1.91. The molecule has 0 aromatic carbocycles. The molecule has 0 spiro atoms. The predicted octanol–water partition coefficient (Wildman–Crippen LogP) is 1.19. The van der Waals surface area contributed by atoms with E-state index in [1.165, 1.54) is 18.4 Å². The number of ether oxygens (including phenoxy) is 1. The van der Waals surface area contributed by atoms with Crippen molar-refractivity contribution in [3.8, 4) is 0 Å². The number of nitrogens with two attached hydrogens (primary N) is 1. The second-order valence-corrected chi connectivity index (χ2v) is 6.49. The molecule has 0 amide bonds. The first-order chi connectivity index (χ1) is 10.0. The molecule has 2 aromatic rings. The Morgan fingerprint density at radius 1 is 1.62 bits per heavy atom. The van der Waals surface area contributed by atoms with Crippen LogP contribution in [0.2, 0.25) is 0 Å². The number of carbonyl (C=O) groups excluding carboxylic acids is 1. The number of hydrogen-bond acceptors (Lipinski definition) is 7. The molecule has 0 saturated carbocycles. The van der Waals surface area contributed by atoms with Gasteiger partial charge in [0.05, 0.1) is 12.8 Å². The molecule has 0 bridgehead atoms. The largest absolute Gasteiger partial charge is 0.468 e. The van der Waals surface area contributed by atoms with E-state index in [0.717, 1.165) is 11.4 Å². The standard InChI is InChI=1S/C13H17N3O3S2/c1-8-6-21-13-15-9(5-11(17)16(8)13)7-20-4-3-10(14)12(18)19-2/h5-6,10H,3-4,7,14H2,1-2H3. The third kappa shape index (κ3) is 3.84. The second kappa shape index (κ2) is 7.06. The maximum atomic E-state index is 12.0. The number of fused-ring (bicyclic) bond motifs is 1. The van der Waals surface area contributed by atoms with Gasteiger partial charge in [-0.25, -0.2) is 4.98 Å². The van der Waals surface area contributed by atoms with Crippen LogP contribution in [0.4, 0.5) is 0 Å². The zero-order valence-corrected chi connectivity index (χ0v) is 13.5. The van der Waals surface area contributed by atoms with Gasteiger partial charge in [-0.05, 0) is 19.1 Å². The predicted molar refractivity (Wildman–Crippen MR) is 84.8 cm³/mol. The van der Waals surface area contributed by atoms with E-state index in [0.29, 0.717) is 22.9 Å². The molecule has 8 heteroatoms. The Bertz CT molecular complexity index is 696. The number of thioether (sulfide) groups is 1. The summed E-state index contributed by atoms with van der Waals surface area (Å²) in [7, 11) is 1.32. The molecule has 0 aliphatic rings. The fraction of sp³-hybridized carbons (Fsp3) is 0.462. The van der Waals surface area contributed by atoms with Crippen LogP contribution in [0, 0.1) is 6.92 Å². The second-order valence-electron chi connectivity index (χ2n) is 4.55. The highest BCUT2D eigenvalue weighted by atomic mass is 32.2. The van der Waals surface area contributed by atoms with E-state index in [-0.39, 0.29) is 5.56 Å². The number of aromatic nitrogens is 2. The van der Waals surface area contributed by atoms with Crippen molar-refractivity contribution >= 4 is 34.0 Å². The summed E-state index contributed by atoms with van der Waals surface area (Å²) < 4.78 is 6.17. The Kier molecular flexibility index (Phi) is 5.38. The Morgan fingerprint density at radius 3 is 3.10 bits per heavy atom. The first kappa shape index (κ1) is 16.0. The van der Waals surface area contributed by atoms with Crippen molar-refractivity contribution in [2.75, 3.05) is 12.9 Å². The zero-order valence-electron chi connectivity index (χ0n) is 11.9. The minimum absolute atomic E-state index is 0.0550. The van der Waals surface area contributed by atoms with E-state index >= 15 is 0 Å². The summed E-state index contributed by atoms with van der Waals surface area (Å²) in [5.41, 5.74) is 7.25. The molecule has 0 fully saturated rings. The molecule has 0 radical (unpaired) electrons. The van der Waals surface area contributed by atoms with Crippen LogP contribution < -0.4 is 11.3 Å². The molecule has 114 valence electrons. The van der Waals surface area contributed by atoms with Gasteiger partial charge in [-0.1, -0.05) is 0 Å². The average molecular weight is 327 g/mol. The van der Waals surface area contributed by atoms with Crippen LogP contribution in [-0.2, 0) is 15.3 Å². The first-order valence-corrected chi connectivity index (χ1v) is 8.44. The smallest absolute Gasteiger partial charge is 0.322 e. The fourth-order valence-corrected chi connectivity index (χ4v) is 3.64. The summed E-state index contributed by atoms with van der Waals surface area (Å²) in [6.07, 6.45) is 0.538. The van der Waals surface area contributed by atoms with E-state index in [1.807, 2.05) is 12.3 Å². The first-order valence-electron chi connectivity index (χ1n) is 6.41. The van der Waals surface area contributed by atoms with Gasteiger partial charge in [0.15, 0.2) is 4.96 Å². The number of esters is 1. The van der Waals surface area contributed by atoms with E-state index in [2.05, 4.69) is 9.72 Å². The van der Waals surface area contributed by atoms with Gasteiger partial charge >= 0.3 is 5.97 Å². The molecule has 2 aromatic heterocycles. The average Bonchev–Trinajstić information content (AvgIpc) is 2.84. The molecular weight excluding hydrogens is 310 g/mol. The molecule has 0 aliphatic heterocycles. The number of hydrogen-bond donors (Lipinski definition) is 1. The molecule has 2 N–H and O–H groups in total. The van der Waals surface area contributed by atoms with Crippen molar-refractivity contribution in [2.24, 2.45) is 5.73 Å². The number of methoxy groups -OCH3 is 1. The summed E-state index contributed by atoms with van der Waals surface area (Å²) in [4.78, 5) is 28.3. The summed E-state index contributed by atoms with van der Waals surface area (Å²) >= 11 is 3.05. The molecule has 2 rings (SSSR count). The van der Waals surface area contributed by atoms with Crippen LogP contribution in [-0.4, -0.2) is 34.3 Å². The Labute approximate surface area is 130 Å². The lowest BCUT2D eigenvalue weighted by Gasteiger charge is -2.08. The Hall–Kier alpha value is -1.38. The van der Waals surface area contributed by atoms with Gasteiger partial charge < -0.3 is 10.5 Å². The molecule has 0 saturated heterocycles. The van der Waals surface area contributed by atoms with Crippen molar-refractivity contribution in [2.45, 2.75) is 25.1 Å². The quantitative estimate of drug-likeness (QED) is 0.633. The van der Waals surface area contributed by atoms with Crippen molar-refractivity contribution in [1.82, 2.24) is 9.38 Å². The lowest BCUT2D eigenvalue weighted by molar-refractivity contribution is -0.142. The van der Waals surface area contributed by atoms with Gasteiger partial charge in [0, 0.05) is 22.9 Å². The lowest BCUT2D eigenvalue weighted by Crippen LogP contribution is -2.32. The highest BCUT2D eigenvalue weighted by molar-refractivity contribution is 7.98. The van der Waals surface area contributed by atoms with Crippen LogP contribution in [0.3, 0.4) is 0 Å². The van der Waals surface area contributed by atoms with E-state index in [1.54, 1.807) is 22.2 Å². The molecular formula is C13H17N3O3S2. The molecule has 1 unspecified atom stereocenters. The molecule has 21 heavy (non-hydrogen) atoms. The number of rotatable bonds is 6. The van der Waals surface area contributed by atoms with Gasteiger partial charge in [0.2, 0.25) is 0 Å². The van der Waals surface area contributed by atoms with Crippen molar-refractivity contribution in [1.29, 1.82) is 0 Å². The van der Waals surface area contributed by atoms with E-state index in [9.17, 15) is 9.59 Å². The third-order valence-corrected chi connectivity index (χ3v) is 4.92. The number of carbonyl (C=O) groups is 1. The van der Waals surface area contributed by atoms with Crippen LogP contribution in [0.5, 0.6) is 0 Å². The van der Waals surface area contributed by atoms with Crippen molar-refractivity contribution < 1.29 is 9.53 Å². The molecule has 1 atom stereocenters. The van der Waals surface area contributed by atoms with Crippen LogP contribution in [0.15, 0.2) is 16.2 Å². The van der Waals surface area contributed by atoms with Crippen LogP contribution >= 0.6 is 23.1 Å². The summed E-state index contributed by atoms with van der Waals surface area (Å²) in [5.74, 6) is 0.930. The van der Waals surface area contributed by atoms with Gasteiger partial charge in [0.1, 0.15) is 6.04 Å². The highest BCUT2D eigenvalue weighted by Crippen LogP contribution is 2.15. The van der Waals surface area contributed by atoms with E-state index < -0.39 is 12.0 Å². The summed E-state index contributed by atoms with van der Waals surface area (Å²) in [6, 6.07) is 0.962. The number of aryl methyl sites for hydroxylation is 1. The normalized spacial score (nSPS) is 12.5. The SMILES string of the molecule is COC(=O)C(N)CCSCc1cc(=O)n2c(C)csc2n1. The topological polar surface area (TPSA) is 86.7 Å². The minimum Gasteiger partial charge on any atom is -0.468 e.